The maximum absolute atomic E-state index is 6.11. The molecule has 3 heteroatoms. The Balaban J connectivity index is 2.78. The molecule has 1 aromatic carbocycles. The first kappa shape index (κ1) is 11.4. The van der Waals surface area contributed by atoms with Crippen molar-refractivity contribution in [3.63, 3.8) is 0 Å². The third kappa shape index (κ3) is 1.91. The van der Waals surface area contributed by atoms with E-state index in [1.54, 1.807) is 0 Å². The van der Waals surface area contributed by atoms with Gasteiger partial charge in [0, 0.05) is 22.6 Å². The molecule has 0 saturated heterocycles. The van der Waals surface area contributed by atoms with Crippen LogP contribution in [-0.2, 0) is 6.54 Å². The Morgan fingerprint density at radius 1 is 1.31 bits per heavy atom. The van der Waals surface area contributed by atoms with Gasteiger partial charge in [0.1, 0.15) is 0 Å². The van der Waals surface area contributed by atoms with Crippen LogP contribution in [0.25, 0.3) is 10.9 Å². The summed E-state index contributed by atoms with van der Waals surface area (Å²) in [5, 5.41) is 5.14. The summed E-state index contributed by atoms with van der Waals surface area (Å²) in [7, 11) is 1.95. The van der Waals surface area contributed by atoms with Crippen molar-refractivity contribution in [3.8, 4) is 0 Å². The number of nitrogens with one attached hydrogen (secondary N) is 1. The van der Waals surface area contributed by atoms with Gasteiger partial charge in [-0.1, -0.05) is 17.7 Å². The molecule has 1 N–H and O–H groups in total. The van der Waals surface area contributed by atoms with E-state index in [4.69, 9.17) is 11.6 Å². The van der Waals surface area contributed by atoms with Crippen LogP contribution >= 0.6 is 11.6 Å². The van der Waals surface area contributed by atoms with E-state index in [0.29, 0.717) is 0 Å². The lowest BCUT2D eigenvalue weighted by Gasteiger charge is -2.10. The van der Waals surface area contributed by atoms with Gasteiger partial charge < -0.3 is 5.32 Å². The molecule has 0 saturated carbocycles. The summed E-state index contributed by atoms with van der Waals surface area (Å²) in [6.07, 6.45) is 0. The Morgan fingerprint density at radius 3 is 2.75 bits per heavy atom. The van der Waals surface area contributed by atoms with Crippen LogP contribution in [0, 0.1) is 13.8 Å². The standard InChI is InChI=1S/C13H15ClN2/c1-8-6-10(7-15-3)11-4-5-12(14)9(2)13(11)16-8/h4-6,15H,7H2,1-3H3. The lowest BCUT2D eigenvalue weighted by Crippen LogP contribution is -2.06. The van der Waals surface area contributed by atoms with Gasteiger partial charge in [0.15, 0.2) is 0 Å². The predicted octanol–water partition coefficient (Wildman–Crippen LogP) is 3.22. The monoisotopic (exact) mass is 234 g/mol. The molecule has 16 heavy (non-hydrogen) atoms. The third-order valence-electron chi connectivity index (χ3n) is 2.75. The molecule has 2 nitrogen and oxygen atoms in total. The van der Waals surface area contributed by atoms with Gasteiger partial charge in [-0.2, -0.15) is 0 Å². The van der Waals surface area contributed by atoms with Gasteiger partial charge >= 0.3 is 0 Å². The Morgan fingerprint density at radius 2 is 2.06 bits per heavy atom. The molecule has 0 atom stereocenters. The highest BCUT2D eigenvalue weighted by atomic mass is 35.5. The zero-order valence-electron chi connectivity index (χ0n) is 9.76. The fourth-order valence-corrected chi connectivity index (χ4v) is 2.11. The van der Waals surface area contributed by atoms with Crippen molar-refractivity contribution in [2.24, 2.45) is 0 Å². The van der Waals surface area contributed by atoms with Crippen LogP contribution in [0.2, 0.25) is 5.02 Å². The molecule has 0 aliphatic heterocycles. The first-order valence-corrected chi connectivity index (χ1v) is 5.71. The molecule has 0 aliphatic rings. The quantitative estimate of drug-likeness (QED) is 0.863. The van der Waals surface area contributed by atoms with Crippen molar-refractivity contribution in [1.29, 1.82) is 0 Å². The molecule has 0 bridgehead atoms. The second-order valence-electron chi connectivity index (χ2n) is 4.02. The molecule has 2 aromatic rings. The van der Waals surface area contributed by atoms with Crippen LogP contribution in [0.5, 0.6) is 0 Å². The summed E-state index contributed by atoms with van der Waals surface area (Å²) in [6, 6.07) is 6.10. The lowest BCUT2D eigenvalue weighted by molar-refractivity contribution is 0.821. The number of benzene rings is 1. The maximum Gasteiger partial charge on any atom is 0.0752 e. The van der Waals surface area contributed by atoms with Gasteiger partial charge in [-0.05, 0) is 44.2 Å². The number of fused-ring (bicyclic) bond motifs is 1. The number of aryl methyl sites for hydroxylation is 2. The van der Waals surface area contributed by atoms with E-state index in [2.05, 4.69) is 16.4 Å². The Bertz CT molecular complexity index is 535. The van der Waals surface area contributed by atoms with Crippen molar-refractivity contribution < 1.29 is 0 Å². The molecular formula is C13H15ClN2. The minimum atomic E-state index is 0.779. The highest BCUT2D eigenvalue weighted by Crippen LogP contribution is 2.26. The summed E-state index contributed by atoms with van der Waals surface area (Å²) in [5.74, 6) is 0. The number of nitrogens with zero attached hydrogens (tertiary/aromatic N) is 1. The smallest absolute Gasteiger partial charge is 0.0752 e. The fourth-order valence-electron chi connectivity index (χ4n) is 1.95. The van der Waals surface area contributed by atoms with E-state index in [9.17, 15) is 0 Å². The van der Waals surface area contributed by atoms with E-state index in [-0.39, 0.29) is 0 Å². The normalized spacial score (nSPS) is 11.0. The second-order valence-corrected chi connectivity index (χ2v) is 4.43. The van der Waals surface area contributed by atoms with Crippen molar-refractivity contribution in [1.82, 2.24) is 10.3 Å². The molecular weight excluding hydrogens is 220 g/mol. The lowest BCUT2D eigenvalue weighted by atomic mass is 10.0. The van der Waals surface area contributed by atoms with Gasteiger partial charge in [-0.3, -0.25) is 4.98 Å². The average Bonchev–Trinajstić information content (AvgIpc) is 2.24. The number of hydrogen-bond acceptors (Lipinski definition) is 2. The van der Waals surface area contributed by atoms with Crippen LogP contribution < -0.4 is 5.32 Å². The zero-order valence-corrected chi connectivity index (χ0v) is 10.5. The van der Waals surface area contributed by atoms with Gasteiger partial charge in [0.05, 0.1) is 5.52 Å². The van der Waals surface area contributed by atoms with E-state index in [0.717, 1.165) is 28.3 Å². The van der Waals surface area contributed by atoms with Crippen molar-refractivity contribution in [2.45, 2.75) is 20.4 Å². The minimum absolute atomic E-state index is 0.779. The molecule has 0 radical (unpaired) electrons. The molecule has 0 aliphatic carbocycles. The van der Waals surface area contributed by atoms with Crippen LogP contribution in [0.1, 0.15) is 16.8 Å². The van der Waals surface area contributed by atoms with Gasteiger partial charge in [-0.15, -0.1) is 0 Å². The van der Waals surface area contributed by atoms with Crippen LogP contribution in [-0.4, -0.2) is 12.0 Å². The molecule has 2 rings (SSSR count). The Hall–Kier alpha value is -1.12. The van der Waals surface area contributed by atoms with Gasteiger partial charge in [-0.25, -0.2) is 0 Å². The largest absolute Gasteiger partial charge is 0.316 e. The van der Waals surface area contributed by atoms with E-state index in [1.807, 2.05) is 33.0 Å². The van der Waals surface area contributed by atoms with Crippen molar-refractivity contribution in [2.75, 3.05) is 7.05 Å². The van der Waals surface area contributed by atoms with Crippen LogP contribution in [0.4, 0.5) is 0 Å². The molecule has 0 fully saturated rings. The molecule has 0 spiro atoms. The first-order valence-electron chi connectivity index (χ1n) is 5.33. The number of halogens is 1. The SMILES string of the molecule is CNCc1cc(C)nc2c(C)c(Cl)ccc12. The highest BCUT2D eigenvalue weighted by molar-refractivity contribution is 6.32. The third-order valence-corrected chi connectivity index (χ3v) is 3.16. The number of aromatic nitrogens is 1. The van der Waals surface area contributed by atoms with Crippen molar-refractivity contribution in [3.05, 3.63) is 40.0 Å². The van der Waals surface area contributed by atoms with E-state index >= 15 is 0 Å². The molecule has 1 aromatic heterocycles. The number of rotatable bonds is 2. The summed E-state index contributed by atoms with van der Waals surface area (Å²) < 4.78 is 0. The predicted molar refractivity (Wildman–Crippen MR) is 69.0 cm³/mol. The zero-order chi connectivity index (χ0) is 11.7. The maximum atomic E-state index is 6.11. The fraction of sp³-hybridized carbons (Fsp3) is 0.308. The Kier molecular flexibility index (Phi) is 3.13. The van der Waals surface area contributed by atoms with E-state index in [1.165, 1.54) is 10.9 Å². The highest BCUT2D eigenvalue weighted by Gasteiger charge is 2.07. The molecule has 0 unspecified atom stereocenters. The summed E-state index contributed by atoms with van der Waals surface area (Å²) in [6.45, 7) is 4.88. The summed E-state index contributed by atoms with van der Waals surface area (Å²) in [4.78, 5) is 4.57. The summed E-state index contributed by atoms with van der Waals surface area (Å²) >= 11 is 6.11. The van der Waals surface area contributed by atoms with Gasteiger partial charge in [0.25, 0.3) is 0 Å². The van der Waals surface area contributed by atoms with E-state index < -0.39 is 0 Å². The Labute approximate surface area is 101 Å². The molecule has 1 heterocycles. The molecule has 84 valence electrons. The molecule has 0 amide bonds. The minimum Gasteiger partial charge on any atom is -0.316 e. The van der Waals surface area contributed by atoms with Crippen LogP contribution in [0.15, 0.2) is 18.2 Å². The first-order chi connectivity index (χ1) is 7.63. The van der Waals surface area contributed by atoms with Crippen molar-refractivity contribution >= 4 is 22.5 Å². The second kappa shape index (κ2) is 4.40. The van der Waals surface area contributed by atoms with Crippen LogP contribution in [0.3, 0.4) is 0 Å². The topological polar surface area (TPSA) is 24.9 Å². The summed E-state index contributed by atoms with van der Waals surface area (Å²) in [5.41, 5.74) is 4.37. The average molecular weight is 235 g/mol. The number of pyridine rings is 1. The van der Waals surface area contributed by atoms with Gasteiger partial charge in [0.2, 0.25) is 0 Å². The number of hydrogen-bond donors (Lipinski definition) is 1.